The number of thiazole rings is 1. The van der Waals surface area contributed by atoms with E-state index in [9.17, 15) is 19.5 Å². The summed E-state index contributed by atoms with van der Waals surface area (Å²) in [5, 5.41) is 17.2. The maximum Gasteiger partial charge on any atom is 0.352 e. The van der Waals surface area contributed by atoms with Crippen molar-refractivity contribution in [3.05, 3.63) is 58.2 Å². The Morgan fingerprint density at radius 1 is 1.38 bits per heavy atom. The Hall–Kier alpha value is -3.42. The van der Waals surface area contributed by atoms with Gasteiger partial charge in [-0.2, -0.15) is 0 Å². The summed E-state index contributed by atoms with van der Waals surface area (Å²) in [6.45, 7) is 1.98. The molecule has 2 aliphatic heterocycles. The molecule has 0 radical (unpaired) electrons. The molecule has 1 fully saturated rings. The second-order valence-corrected chi connectivity index (χ2v) is 9.63. The van der Waals surface area contributed by atoms with Gasteiger partial charge in [0.15, 0.2) is 10.8 Å². The summed E-state index contributed by atoms with van der Waals surface area (Å²) in [6.07, 6.45) is 1.47. The number of oxime groups is 1. The van der Waals surface area contributed by atoms with Crippen molar-refractivity contribution < 1.29 is 24.3 Å². The van der Waals surface area contributed by atoms with Gasteiger partial charge < -0.3 is 26.7 Å². The summed E-state index contributed by atoms with van der Waals surface area (Å²) in [7, 11) is 0. The Morgan fingerprint density at radius 2 is 2.12 bits per heavy atom. The number of carbonyl (C=O) groups is 3. The molecule has 1 aromatic carbocycles. The van der Waals surface area contributed by atoms with Crippen molar-refractivity contribution in [2.75, 3.05) is 11.5 Å². The first-order valence-electron chi connectivity index (χ1n) is 10.2. The van der Waals surface area contributed by atoms with Gasteiger partial charge in [0.25, 0.3) is 11.8 Å². The number of nitrogens with one attached hydrogen (secondary N) is 1. The predicted molar refractivity (Wildman–Crippen MR) is 128 cm³/mol. The Labute approximate surface area is 202 Å². The molecule has 1 aromatic heterocycles. The molecule has 13 heteroatoms. The molecule has 2 aromatic rings. The second-order valence-electron chi connectivity index (χ2n) is 7.59. The highest BCUT2D eigenvalue weighted by Crippen LogP contribution is 2.37. The third-order valence-corrected chi connectivity index (χ3v) is 7.08. The average molecular weight is 503 g/mol. The summed E-state index contributed by atoms with van der Waals surface area (Å²) < 4.78 is 0. The molecule has 1 saturated heterocycles. The third-order valence-electron chi connectivity index (χ3n) is 5.22. The van der Waals surface area contributed by atoms with E-state index in [4.69, 9.17) is 16.3 Å². The molecule has 11 nitrogen and oxygen atoms in total. The number of rotatable bonds is 8. The van der Waals surface area contributed by atoms with Crippen molar-refractivity contribution in [1.82, 2.24) is 15.2 Å². The van der Waals surface area contributed by atoms with E-state index in [0.29, 0.717) is 5.75 Å². The SMILES string of the molecule is CC(N)c1ccc(CO/N=C(\C(=O)NC2C(=O)N3C(C(=O)O)=CCS[C@H]23)c2csc(N)n2)cc1. The van der Waals surface area contributed by atoms with Gasteiger partial charge in [-0.15, -0.1) is 23.1 Å². The molecule has 0 spiro atoms. The fraction of sp³-hybridized carbons (Fsp3) is 0.286. The summed E-state index contributed by atoms with van der Waals surface area (Å²) >= 11 is 2.49. The number of carbonyl (C=O) groups excluding carboxylic acids is 2. The zero-order valence-corrected chi connectivity index (χ0v) is 19.6. The van der Waals surface area contributed by atoms with Crippen LogP contribution in [0.5, 0.6) is 0 Å². The molecular weight excluding hydrogens is 480 g/mol. The number of nitrogens with zero attached hydrogens (tertiary/aromatic N) is 3. The second kappa shape index (κ2) is 9.83. The number of nitrogen functional groups attached to an aromatic ring is 1. The first kappa shape index (κ1) is 23.7. The molecule has 3 atom stereocenters. The highest BCUT2D eigenvalue weighted by atomic mass is 32.2. The molecular formula is C21H22N6O5S2. The van der Waals surface area contributed by atoms with Gasteiger partial charge in [0.05, 0.1) is 0 Å². The number of carboxylic acid groups (broad SMARTS) is 1. The van der Waals surface area contributed by atoms with Gasteiger partial charge >= 0.3 is 5.97 Å². The Morgan fingerprint density at radius 3 is 2.74 bits per heavy atom. The molecule has 0 saturated carbocycles. The maximum atomic E-state index is 13.0. The minimum Gasteiger partial charge on any atom is -0.477 e. The minimum absolute atomic E-state index is 0.0844. The highest BCUT2D eigenvalue weighted by molar-refractivity contribution is 8.00. The molecule has 2 amide bonds. The third kappa shape index (κ3) is 4.76. The van der Waals surface area contributed by atoms with Crippen LogP contribution in [0.1, 0.15) is 29.8 Å². The van der Waals surface area contributed by atoms with Crippen LogP contribution >= 0.6 is 23.1 Å². The average Bonchev–Trinajstić information content (AvgIpc) is 3.25. The standard InChI is InChI=1S/C21H22N6O5S2/c1-10(22)12-4-2-11(3-5-12)8-32-26-15(13-9-34-21(23)24-13)17(28)25-16-18(29)27-14(20(30)31)6-7-33-19(16)27/h2-6,9-10,16,19H,7-8,22H2,1H3,(H2,23,24)(H,25,28)(H,30,31)/b26-15-/t10?,16?,19-/m1/s1. The zero-order valence-electron chi connectivity index (χ0n) is 18.0. The van der Waals surface area contributed by atoms with E-state index in [2.05, 4.69) is 15.5 Å². The lowest BCUT2D eigenvalue weighted by atomic mass is 10.0. The molecule has 0 aliphatic carbocycles. The Balaban J connectivity index is 1.47. The van der Waals surface area contributed by atoms with Crippen LogP contribution in [0, 0.1) is 0 Å². The molecule has 3 heterocycles. The molecule has 6 N–H and O–H groups in total. The van der Waals surface area contributed by atoms with E-state index in [-0.39, 0.29) is 34.9 Å². The van der Waals surface area contributed by atoms with Gasteiger partial charge in [-0.25, -0.2) is 9.78 Å². The lowest BCUT2D eigenvalue weighted by Crippen LogP contribution is -2.70. The minimum atomic E-state index is -1.19. The molecule has 0 bridgehead atoms. The quantitative estimate of drug-likeness (QED) is 0.234. The molecule has 4 rings (SSSR count). The number of aromatic nitrogens is 1. The van der Waals surface area contributed by atoms with Crippen LogP contribution in [0.2, 0.25) is 0 Å². The van der Waals surface area contributed by atoms with Crippen LogP contribution in [-0.4, -0.2) is 55.7 Å². The maximum absolute atomic E-state index is 13.0. The van der Waals surface area contributed by atoms with E-state index in [1.165, 1.54) is 22.7 Å². The number of amides is 2. The lowest BCUT2D eigenvalue weighted by molar-refractivity contribution is -0.150. The van der Waals surface area contributed by atoms with E-state index < -0.39 is 29.2 Å². The van der Waals surface area contributed by atoms with Crippen molar-refractivity contribution in [3.63, 3.8) is 0 Å². The number of nitrogens with two attached hydrogens (primary N) is 2. The number of thioether (sulfide) groups is 1. The number of aliphatic carboxylic acids is 1. The number of hydrogen-bond acceptors (Lipinski definition) is 10. The van der Waals surface area contributed by atoms with Crippen molar-refractivity contribution >= 4 is 51.7 Å². The summed E-state index contributed by atoms with van der Waals surface area (Å²) in [5.74, 6) is -1.96. The van der Waals surface area contributed by atoms with Gasteiger partial charge in [0.1, 0.15) is 29.4 Å². The smallest absolute Gasteiger partial charge is 0.352 e. The van der Waals surface area contributed by atoms with Gasteiger partial charge in [-0.05, 0) is 24.1 Å². The van der Waals surface area contributed by atoms with Crippen molar-refractivity contribution in [2.24, 2.45) is 10.9 Å². The van der Waals surface area contributed by atoms with Gasteiger partial charge in [-0.3, -0.25) is 14.5 Å². The van der Waals surface area contributed by atoms with Gasteiger partial charge in [0, 0.05) is 17.2 Å². The fourth-order valence-electron chi connectivity index (χ4n) is 3.44. The fourth-order valence-corrected chi connectivity index (χ4v) is 5.18. The summed E-state index contributed by atoms with van der Waals surface area (Å²) in [6, 6.07) is 6.49. The monoisotopic (exact) mass is 502 g/mol. The topological polar surface area (TPSA) is 173 Å². The number of benzene rings is 1. The summed E-state index contributed by atoms with van der Waals surface area (Å²) in [5.41, 5.74) is 13.4. The number of hydrogen-bond donors (Lipinski definition) is 4. The van der Waals surface area contributed by atoms with E-state index in [1.807, 2.05) is 31.2 Å². The first-order chi connectivity index (χ1) is 16.3. The van der Waals surface area contributed by atoms with Crippen LogP contribution < -0.4 is 16.8 Å². The highest BCUT2D eigenvalue weighted by Gasteiger charge is 2.53. The van der Waals surface area contributed by atoms with Crippen LogP contribution in [0.4, 0.5) is 5.13 Å². The number of anilines is 1. The van der Waals surface area contributed by atoms with Gasteiger partial charge in [0.2, 0.25) is 0 Å². The molecule has 2 aliphatic rings. The molecule has 34 heavy (non-hydrogen) atoms. The summed E-state index contributed by atoms with van der Waals surface area (Å²) in [4.78, 5) is 47.7. The lowest BCUT2D eigenvalue weighted by Gasteiger charge is -2.48. The van der Waals surface area contributed by atoms with E-state index in [0.717, 1.165) is 22.5 Å². The normalized spacial score (nSPS) is 20.6. The van der Waals surface area contributed by atoms with Crippen molar-refractivity contribution in [3.8, 4) is 0 Å². The predicted octanol–water partition coefficient (Wildman–Crippen LogP) is 1.03. The Bertz CT molecular complexity index is 1180. The van der Waals surface area contributed by atoms with E-state index in [1.54, 1.807) is 5.38 Å². The Kier molecular flexibility index (Phi) is 6.86. The van der Waals surface area contributed by atoms with Crippen molar-refractivity contribution in [1.29, 1.82) is 0 Å². The number of fused-ring (bicyclic) bond motifs is 1. The van der Waals surface area contributed by atoms with Crippen molar-refractivity contribution in [2.45, 2.75) is 31.0 Å². The largest absolute Gasteiger partial charge is 0.477 e. The van der Waals surface area contributed by atoms with E-state index >= 15 is 0 Å². The molecule has 178 valence electrons. The molecule has 2 unspecified atom stereocenters. The number of carboxylic acids is 1. The first-order valence-corrected chi connectivity index (χ1v) is 12.1. The number of β-lactam (4-membered cyclic amide) rings is 1. The van der Waals surface area contributed by atoms with Gasteiger partial charge in [-0.1, -0.05) is 29.4 Å². The van der Waals surface area contributed by atoms with Crippen LogP contribution in [0.3, 0.4) is 0 Å². The van der Waals surface area contributed by atoms with Crippen LogP contribution in [0.25, 0.3) is 0 Å². The zero-order chi connectivity index (χ0) is 24.4. The van der Waals surface area contributed by atoms with Crippen LogP contribution in [0.15, 0.2) is 46.6 Å². The van der Waals surface area contributed by atoms with Crippen LogP contribution in [-0.2, 0) is 25.8 Å².